The minimum absolute atomic E-state index is 0.156. The molecule has 0 saturated carbocycles. The summed E-state index contributed by atoms with van der Waals surface area (Å²) in [5, 5.41) is 9.35. The van der Waals surface area contributed by atoms with Crippen molar-refractivity contribution in [3.8, 4) is 11.8 Å². The molecular weight excluding hydrogens is 236 g/mol. The van der Waals surface area contributed by atoms with Crippen molar-refractivity contribution in [3.05, 3.63) is 77.2 Å². The van der Waals surface area contributed by atoms with E-state index in [4.69, 9.17) is 10.5 Å². The van der Waals surface area contributed by atoms with E-state index >= 15 is 0 Å². The zero-order valence-corrected chi connectivity index (χ0v) is 10.2. The van der Waals surface area contributed by atoms with Gasteiger partial charge in [-0.05, 0) is 11.6 Å². The van der Waals surface area contributed by atoms with Crippen LogP contribution in [0, 0.1) is 11.3 Å². The predicted octanol–water partition coefficient (Wildman–Crippen LogP) is 2.90. The van der Waals surface area contributed by atoms with Gasteiger partial charge in [-0.15, -0.1) is 0 Å². The maximum Gasteiger partial charge on any atom is 0.205 e. The number of rotatable bonds is 1. The Bertz CT molecular complexity index is 683. The second-order valence-electron chi connectivity index (χ2n) is 4.37. The molecule has 0 fully saturated rings. The lowest BCUT2D eigenvalue weighted by Crippen LogP contribution is -2.20. The van der Waals surface area contributed by atoms with Crippen LogP contribution in [0.15, 0.2) is 66.1 Å². The van der Waals surface area contributed by atoms with Crippen LogP contribution in [-0.2, 0) is 0 Å². The number of benzene rings is 2. The van der Waals surface area contributed by atoms with Crippen LogP contribution in [0.4, 0.5) is 0 Å². The first-order chi connectivity index (χ1) is 9.31. The number of nitriles is 1. The van der Waals surface area contributed by atoms with Crippen LogP contribution in [0.5, 0.6) is 5.75 Å². The molecule has 0 radical (unpaired) electrons. The number of hydrogen-bond acceptors (Lipinski definition) is 3. The summed E-state index contributed by atoms with van der Waals surface area (Å²) in [6.45, 7) is 0. The molecule has 3 rings (SSSR count). The van der Waals surface area contributed by atoms with E-state index < -0.39 is 0 Å². The number of ether oxygens (including phenoxy) is 1. The lowest BCUT2D eigenvalue weighted by Gasteiger charge is -2.26. The largest absolute Gasteiger partial charge is 0.440 e. The van der Waals surface area contributed by atoms with Crippen molar-refractivity contribution >= 4 is 0 Å². The molecule has 0 aliphatic carbocycles. The van der Waals surface area contributed by atoms with Crippen LogP contribution < -0.4 is 10.5 Å². The van der Waals surface area contributed by atoms with Gasteiger partial charge in [0.25, 0.3) is 0 Å². The minimum atomic E-state index is -0.156. The molecule has 2 N–H and O–H groups in total. The number of fused-ring (bicyclic) bond motifs is 1. The third-order valence-electron chi connectivity index (χ3n) is 3.26. The standard InChI is InChI=1S/C16H12N2O/c17-10-13-15(11-6-2-1-3-7-11)12-8-4-5-9-14(12)19-16(13)18/h1-9,15H,18H2/t15-/m1/s1. The molecule has 19 heavy (non-hydrogen) atoms. The molecule has 92 valence electrons. The summed E-state index contributed by atoms with van der Waals surface area (Å²) in [5.41, 5.74) is 8.34. The Hall–Kier alpha value is -2.73. The molecule has 1 aliphatic heterocycles. The van der Waals surface area contributed by atoms with Crippen molar-refractivity contribution < 1.29 is 4.74 Å². The molecule has 0 unspecified atom stereocenters. The van der Waals surface area contributed by atoms with Crippen LogP contribution in [0.25, 0.3) is 0 Å². The quantitative estimate of drug-likeness (QED) is 0.844. The maximum atomic E-state index is 9.35. The van der Waals surface area contributed by atoms with Crippen LogP contribution in [-0.4, -0.2) is 0 Å². The lowest BCUT2D eigenvalue weighted by molar-refractivity contribution is 0.393. The van der Waals surface area contributed by atoms with Gasteiger partial charge in [0.2, 0.25) is 5.88 Å². The van der Waals surface area contributed by atoms with Gasteiger partial charge in [0, 0.05) is 5.56 Å². The Labute approximate surface area is 111 Å². The monoisotopic (exact) mass is 248 g/mol. The summed E-state index contributed by atoms with van der Waals surface area (Å²) in [6.07, 6.45) is 0. The zero-order chi connectivity index (χ0) is 13.2. The smallest absolute Gasteiger partial charge is 0.205 e. The van der Waals surface area contributed by atoms with Crippen LogP contribution in [0.1, 0.15) is 17.0 Å². The molecule has 0 bridgehead atoms. The first-order valence-corrected chi connectivity index (χ1v) is 6.02. The molecular formula is C16H12N2O. The first-order valence-electron chi connectivity index (χ1n) is 6.02. The molecule has 2 aromatic carbocycles. The summed E-state index contributed by atoms with van der Waals surface area (Å²) in [5.74, 6) is 0.749. The molecule has 0 spiro atoms. The van der Waals surface area contributed by atoms with E-state index in [1.54, 1.807) is 0 Å². The molecule has 0 amide bonds. The fourth-order valence-corrected chi connectivity index (χ4v) is 2.39. The number of nitrogens with two attached hydrogens (primary N) is 1. The van der Waals surface area contributed by atoms with Gasteiger partial charge >= 0.3 is 0 Å². The fourth-order valence-electron chi connectivity index (χ4n) is 2.39. The second kappa shape index (κ2) is 4.51. The summed E-state index contributed by atoms with van der Waals surface area (Å²) in [6, 6.07) is 19.7. The zero-order valence-electron chi connectivity index (χ0n) is 10.2. The summed E-state index contributed by atoms with van der Waals surface area (Å²) >= 11 is 0. The Morgan fingerprint density at radius 3 is 2.42 bits per heavy atom. The van der Waals surface area contributed by atoms with E-state index in [1.165, 1.54) is 0 Å². The van der Waals surface area contributed by atoms with Gasteiger partial charge in [-0.3, -0.25) is 0 Å². The molecule has 1 heterocycles. The molecule has 1 atom stereocenters. The van der Waals surface area contributed by atoms with E-state index in [-0.39, 0.29) is 11.8 Å². The Morgan fingerprint density at radius 2 is 1.68 bits per heavy atom. The van der Waals surface area contributed by atoms with Crippen LogP contribution in [0.2, 0.25) is 0 Å². The van der Waals surface area contributed by atoms with Gasteiger partial charge in [-0.25, -0.2) is 0 Å². The van der Waals surface area contributed by atoms with E-state index in [2.05, 4.69) is 6.07 Å². The first kappa shape index (κ1) is 11.4. The third-order valence-corrected chi connectivity index (χ3v) is 3.26. The number of hydrogen-bond donors (Lipinski definition) is 1. The Kier molecular flexibility index (Phi) is 2.70. The van der Waals surface area contributed by atoms with Crippen molar-refractivity contribution in [1.29, 1.82) is 5.26 Å². The average Bonchev–Trinajstić information content (AvgIpc) is 2.46. The van der Waals surface area contributed by atoms with Gasteiger partial charge in [-0.1, -0.05) is 48.5 Å². The van der Waals surface area contributed by atoms with Crippen molar-refractivity contribution in [3.63, 3.8) is 0 Å². The molecule has 0 aromatic heterocycles. The van der Waals surface area contributed by atoms with E-state index in [9.17, 15) is 5.26 Å². The average molecular weight is 248 g/mol. The summed E-state index contributed by atoms with van der Waals surface area (Å²) in [4.78, 5) is 0. The highest BCUT2D eigenvalue weighted by atomic mass is 16.5. The molecule has 3 heteroatoms. The Balaban J connectivity index is 2.23. The van der Waals surface area contributed by atoms with Crippen LogP contribution in [0.3, 0.4) is 0 Å². The SMILES string of the molecule is N#CC1=C(N)Oc2ccccc2[C@H]1c1ccccc1. The maximum absolute atomic E-state index is 9.35. The molecule has 1 aliphatic rings. The van der Waals surface area contributed by atoms with E-state index in [0.717, 1.165) is 11.1 Å². The predicted molar refractivity (Wildman–Crippen MR) is 72.2 cm³/mol. The summed E-state index contributed by atoms with van der Waals surface area (Å²) < 4.78 is 5.52. The van der Waals surface area contributed by atoms with E-state index in [1.807, 2.05) is 54.6 Å². The van der Waals surface area contributed by atoms with Crippen LogP contribution >= 0.6 is 0 Å². The van der Waals surface area contributed by atoms with Gasteiger partial charge < -0.3 is 10.5 Å². The highest BCUT2D eigenvalue weighted by molar-refractivity contribution is 5.55. The fraction of sp³-hybridized carbons (Fsp3) is 0.0625. The third kappa shape index (κ3) is 1.84. The number of nitrogens with zero attached hydrogens (tertiary/aromatic N) is 1. The molecule has 0 saturated heterocycles. The minimum Gasteiger partial charge on any atom is -0.440 e. The van der Waals surface area contributed by atoms with Crippen molar-refractivity contribution in [2.75, 3.05) is 0 Å². The lowest BCUT2D eigenvalue weighted by atomic mass is 9.84. The van der Waals surface area contributed by atoms with Gasteiger partial charge in [-0.2, -0.15) is 5.26 Å². The highest BCUT2D eigenvalue weighted by Gasteiger charge is 2.29. The van der Waals surface area contributed by atoms with E-state index in [0.29, 0.717) is 11.3 Å². The van der Waals surface area contributed by atoms with Crippen molar-refractivity contribution in [1.82, 2.24) is 0 Å². The number of para-hydroxylation sites is 1. The van der Waals surface area contributed by atoms with Crippen molar-refractivity contribution in [2.24, 2.45) is 5.73 Å². The second-order valence-corrected chi connectivity index (χ2v) is 4.37. The Morgan fingerprint density at radius 1 is 1.00 bits per heavy atom. The molecule has 2 aromatic rings. The summed E-state index contributed by atoms with van der Waals surface area (Å²) in [7, 11) is 0. The van der Waals surface area contributed by atoms with Gasteiger partial charge in [0.05, 0.1) is 5.92 Å². The van der Waals surface area contributed by atoms with Gasteiger partial charge in [0.1, 0.15) is 17.4 Å². The number of allylic oxidation sites excluding steroid dienone is 1. The van der Waals surface area contributed by atoms with Crippen molar-refractivity contribution in [2.45, 2.75) is 5.92 Å². The highest BCUT2D eigenvalue weighted by Crippen LogP contribution is 2.41. The molecule has 3 nitrogen and oxygen atoms in total. The normalized spacial score (nSPS) is 17.3. The van der Waals surface area contributed by atoms with Gasteiger partial charge in [0.15, 0.2) is 0 Å². The topological polar surface area (TPSA) is 59.0 Å².